The van der Waals surface area contributed by atoms with Crippen LogP contribution in [-0.4, -0.2) is 45.6 Å². The number of rotatable bonds is 5. The van der Waals surface area contributed by atoms with Gasteiger partial charge < -0.3 is 14.4 Å². The molecule has 10 heteroatoms. The van der Waals surface area contributed by atoms with Gasteiger partial charge in [0.15, 0.2) is 5.11 Å². The highest BCUT2D eigenvalue weighted by Crippen LogP contribution is 2.29. The summed E-state index contributed by atoms with van der Waals surface area (Å²) in [4.78, 5) is 50.4. The number of amides is 2. The van der Waals surface area contributed by atoms with Crippen LogP contribution in [0.4, 0.5) is 5.69 Å². The minimum absolute atomic E-state index is 0.0477. The maximum Gasteiger partial charge on any atom is 0.335 e. The summed E-state index contributed by atoms with van der Waals surface area (Å²) in [5, 5.41) is 12.2. The average molecular weight is 477 g/mol. The number of carbonyl (C=O) groups is 4. The summed E-state index contributed by atoms with van der Waals surface area (Å²) in [6, 6.07) is 12.2. The number of carboxylic acids is 1. The number of hydrogen-bond acceptors (Lipinski definition) is 6. The number of esters is 1. The standard InChI is InChI=1S/C24H19N3O6S/c1-13(23(32)33-2)26-12-15(17-5-3-4-6-19(17)26)11-18-20(28)25-24(34)27(21(18)29)16-9-7-14(8-10-16)22(30)31/h3-13H,1-2H3,(H,30,31)(H,25,28,34). The third-order valence-corrected chi connectivity index (χ3v) is 5.79. The van der Waals surface area contributed by atoms with Gasteiger partial charge in [-0.2, -0.15) is 0 Å². The monoisotopic (exact) mass is 477 g/mol. The molecule has 2 N–H and O–H groups in total. The predicted molar refractivity (Wildman–Crippen MR) is 128 cm³/mol. The van der Waals surface area contributed by atoms with E-state index in [-0.39, 0.29) is 16.2 Å². The summed E-state index contributed by atoms with van der Waals surface area (Å²) in [6.07, 6.45) is 3.12. The Morgan fingerprint density at radius 1 is 1.12 bits per heavy atom. The molecule has 2 aromatic carbocycles. The van der Waals surface area contributed by atoms with Crippen LogP contribution in [0, 0.1) is 0 Å². The second kappa shape index (κ2) is 8.91. The molecule has 0 bridgehead atoms. The van der Waals surface area contributed by atoms with Gasteiger partial charge in [-0.1, -0.05) is 18.2 Å². The quantitative estimate of drug-likeness (QED) is 0.251. The Hall–Kier alpha value is -4.31. The third kappa shape index (κ3) is 3.95. The molecule has 34 heavy (non-hydrogen) atoms. The highest BCUT2D eigenvalue weighted by Gasteiger charge is 2.35. The molecule has 0 aliphatic carbocycles. The number of benzene rings is 2. The Kier molecular flexibility index (Phi) is 5.99. The van der Waals surface area contributed by atoms with Crippen molar-refractivity contribution in [1.82, 2.24) is 9.88 Å². The lowest BCUT2D eigenvalue weighted by Crippen LogP contribution is -2.54. The lowest BCUT2D eigenvalue weighted by atomic mass is 10.1. The molecule has 2 heterocycles. The molecule has 1 aliphatic heterocycles. The summed E-state index contributed by atoms with van der Waals surface area (Å²) in [5.74, 6) is -2.86. The van der Waals surface area contributed by atoms with Crippen LogP contribution in [0.5, 0.6) is 0 Å². The Balaban J connectivity index is 1.78. The number of nitrogens with zero attached hydrogens (tertiary/aromatic N) is 2. The summed E-state index contributed by atoms with van der Waals surface area (Å²) in [7, 11) is 1.30. The van der Waals surface area contributed by atoms with Crippen LogP contribution in [0.1, 0.15) is 28.9 Å². The van der Waals surface area contributed by atoms with Gasteiger partial charge >= 0.3 is 11.9 Å². The van der Waals surface area contributed by atoms with Crippen LogP contribution in [0.15, 0.2) is 60.3 Å². The van der Waals surface area contributed by atoms with Crippen LogP contribution in [0.3, 0.4) is 0 Å². The number of ether oxygens (including phenoxy) is 1. The number of aromatic carboxylic acids is 1. The van der Waals surface area contributed by atoms with E-state index in [0.717, 1.165) is 15.8 Å². The molecule has 0 radical (unpaired) electrons. The first-order valence-electron chi connectivity index (χ1n) is 10.1. The van der Waals surface area contributed by atoms with Gasteiger partial charge in [-0.3, -0.25) is 19.8 Å². The summed E-state index contributed by atoms with van der Waals surface area (Å²) < 4.78 is 6.57. The smallest absolute Gasteiger partial charge is 0.335 e. The van der Waals surface area contributed by atoms with Gasteiger partial charge in [0.2, 0.25) is 0 Å². The van der Waals surface area contributed by atoms with Gasteiger partial charge in [-0.25, -0.2) is 9.59 Å². The first kappa shape index (κ1) is 22.9. The molecule has 1 aromatic heterocycles. The van der Waals surface area contributed by atoms with E-state index >= 15 is 0 Å². The molecular weight excluding hydrogens is 458 g/mol. The van der Waals surface area contributed by atoms with Gasteiger partial charge in [-0.05, 0) is 55.5 Å². The molecular formula is C24H19N3O6S. The largest absolute Gasteiger partial charge is 0.478 e. The SMILES string of the molecule is COC(=O)C(C)n1cc(C=C2C(=O)NC(=S)N(c3ccc(C(=O)O)cc3)C2=O)c2ccccc21. The van der Waals surface area contributed by atoms with E-state index in [1.807, 2.05) is 24.3 Å². The molecule has 4 rings (SSSR count). The van der Waals surface area contributed by atoms with Gasteiger partial charge in [0, 0.05) is 22.7 Å². The number of hydrogen-bond donors (Lipinski definition) is 2. The number of fused-ring (bicyclic) bond motifs is 1. The van der Waals surface area contributed by atoms with E-state index in [2.05, 4.69) is 5.32 Å². The van der Waals surface area contributed by atoms with E-state index in [1.165, 1.54) is 37.5 Å². The highest BCUT2D eigenvalue weighted by molar-refractivity contribution is 7.80. The molecule has 1 unspecified atom stereocenters. The van der Waals surface area contributed by atoms with Crippen molar-refractivity contribution < 1.29 is 29.0 Å². The first-order valence-corrected chi connectivity index (χ1v) is 10.6. The van der Waals surface area contributed by atoms with Crippen LogP contribution < -0.4 is 10.2 Å². The van der Waals surface area contributed by atoms with Crippen molar-refractivity contribution in [2.45, 2.75) is 13.0 Å². The van der Waals surface area contributed by atoms with E-state index in [1.54, 1.807) is 17.7 Å². The number of nitrogens with one attached hydrogen (secondary N) is 1. The molecule has 1 saturated heterocycles. The third-order valence-electron chi connectivity index (χ3n) is 5.50. The Bertz CT molecular complexity index is 1390. The maximum absolute atomic E-state index is 13.3. The normalized spacial score (nSPS) is 16.0. The molecule has 1 atom stereocenters. The number of methoxy groups -OCH3 is 1. The number of carboxylic acid groups (broad SMARTS) is 1. The Labute approximate surface area is 199 Å². The average Bonchev–Trinajstić information content (AvgIpc) is 3.19. The molecule has 1 fully saturated rings. The van der Waals surface area contributed by atoms with E-state index in [0.29, 0.717) is 11.3 Å². The van der Waals surface area contributed by atoms with Gasteiger partial charge in [0.25, 0.3) is 11.8 Å². The zero-order valence-electron chi connectivity index (χ0n) is 18.1. The van der Waals surface area contributed by atoms with Crippen LogP contribution in [0.25, 0.3) is 17.0 Å². The number of carbonyl (C=O) groups excluding carboxylic acids is 3. The molecule has 0 saturated carbocycles. The number of anilines is 1. The maximum atomic E-state index is 13.3. The second-order valence-corrected chi connectivity index (χ2v) is 7.90. The van der Waals surface area contributed by atoms with Gasteiger partial charge in [-0.15, -0.1) is 0 Å². The fourth-order valence-electron chi connectivity index (χ4n) is 3.75. The van der Waals surface area contributed by atoms with Crippen molar-refractivity contribution in [3.8, 4) is 0 Å². The Morgan fingerprint density at radius 3 is 2.44 bits per heavy atom. The van der Waals surface area contributed by atoms with Crippen molar-refractivity contribution in [1.29, 1.82) is 0 Å². The number of para-hydroxylation sites is 1. The van der Waals surface area contributed by atoms with Crippen molar-refractivity contribution in [3.63, 3.8) is 0 Å². The lowest BCUT2D eigenvalue weighted by molar-refractivity contribution is -0.143. The zero-order valence-corrected chi connectivity index (χ0v) is 19.0. The number of thiocarbonyl (C=S) groups is 1. The molecule has 9 nitrogen and oxygen atoms in total. The molecule has 2 amide bonds. The first-order chi connectivity index (χ1) is 16.2. The fraction of sp³-hybridized carbons (Fsp3) is 0.125. The van der Waals surface area contributed by atoms with Crippen molar-refractivity contribution >= 4 is 63.7 Å². The lowest BCUT2D eigenvalue weighted by Gasteiger charge is -2.28. The van der Waals surface area contributed by atoms with Crippen LogP contribution in [-0.2, 0) is 19.1 Å². The Morgan fingerprint density at radius 2 is 1.79 bits per heavy atom. The molecule has 1 aliphatic rings. The van der Waals surface area contributed by atoms with Crippen molar-refractivity contribution in [2.24, 2.45) is 0 Å². The van der Waals surface area contributed by atoms with Crippen molar-refractivity contribution in [3.05, 3.63) is 71.4 Å². The summed E-state index contributed by atoms with van der Waals surface area (Å²) in [6.45, 7) is 1.69. The van der Waals surface area contributed by atoms with Gasteiger partial charge in [0.05, 0.1) is 18.4 Å². The van der Waals surface area contributed by atoms with Crippen LogP contribution >= 0.6 is 12.2 Å². The molecule has 3 aromatic rings. The second-order valence-electron chi connectivity index (χ2n) is 7.52. The highest BCUT2D eigenvalue weighted by atomic mass is 32.1. The molecule has 172 valence electrons. The predicted octanol–water partition coefficient (Wildman–Crippen LogP) is 2.90. The minimum atomic E-state index is -1.11. The van der Waals surface area contributed by atoms with Crippen molar-refractivity contribution in [2.75, 3.05) is 12.0 Å². The topological polar surface area (TPSA) is 118 Å². The van der Waals surface area contributed by atoms with Gasteiger partial charge in [0.1, 0.15) is 11.6 Å². The summed E-state index contributed by atoms with van der Waals surface area (Å²) >= 11 is 5.20. The molecule has 0 spiro atoms. The zero-order chi connectivity index (χ0) is 24.6. The number of aromatic nitrogens is 1. The van der Waals surface area contributed by atoms with E-state index in [9.17, 15) is 19.2 Å². The summed E-state index contributed by atoms with van der Waals surface area (Å²) in [5.41, 5.74) is 1.48. The fourth-order valence-corrected chi connectivity index (χ4v) is 4.03. The van der Waals surface area contributed by atoms with E-state index < -0.39 is 29.8 Å². The van der Waals surface area contributed by atoms with E-state index in [4.69, 9.17) is 22.1 Å². The minimum Gasteiger partial charge on any atom is -0.478 e. The van der Waals surface area contributed by atoms with Crippen LogP contribution in [0.2, 0.25) is 0 Å².